The van der Waals surface area contributed by atoms with E-state index < -0.39 is 0 Å². The summed E-state index contributed by atoms with van der Waals surface area (Å²) in [4.78, 5) is 0. The SMILES string of the molecule is COc1cccc(OC)c1OCc1nnc(-c2ccc(Br)cc2)o1. The van der Waals surface area contributed by atoms with Crippen LogP contribution in [0.4, 0.5) is 0 Å². The summed E-state index contributed by atoms with van der Waals surface area (Å²) >= 11 is 3.39. The summed E-state index contributed by atoms with van der Waals surface area (Å²) in [5.74, 6) is 2.43. The molecule has 3 aromatic rings. The number of hydrogen-bond donors (Lipinski definition) is 0. The Balaban J connectivity index is 1.75. The summed E-state index contributed by atoms with van der Waals surface area (Å²) < 4.78 is 22.9. The molecular weight excluding hydrogens is 376 g/mol. The van der Waals surface area contributed by atoms with Crippen LogP contribution >= 0.6 is 15.9 Å². The first-order valence-corrected chi connectivity index (χ1v) is 7.92. The summed E-state index contributed by atoms with van der Waals surface area (Å²) in [7, 11) is 3.14. The molecule has 1 aromatic heterocycles. The minimum Gasteiger partial charge on any atom is -0.493 e. The Bertz CT molecular complexity index is 795. The van der Waals surface area contributed by atoms with Gasteiger partial charge in [-0.3, -0.25) is 0 Å². The number of benzene rings is 2. The summed E-state index contributed by atoms with van der Waals surface area (Å²) in [5, 5.41) is 8.05. The maximum Gasteiger partial charge on any atom is 0.254 e. The van der Waals surface area contributed by atoms with Crippen LogP contribution in [0.1, 0.15) is 5.89 Å². The van der Waals surface area contributed by atoms with Crippen molar-refractivity contribution in [3.05, 3.63) is 52.8 Å². The average molecular weight is 391 g/mol. The zero-order valence-corrected chi connectivity index (χ0v) is 14.7. The van der Waals surface area contributed by atoms with Gasteiger partial charge in [-0.15, -0.1) is 10.2 Å². The highest BCUT2D eigenvalue weighted by Gasteiger charge is 2.14. The molecule has 0 saturated carbocycles. The van der Waals surface area contributed by atoms with E-state index in [9.17, 15) is 0 Å². The van der Waals surface area contributed by atoms with Crippen molar-refractivity contribution in [1.29, 1.82) is 0 Å². The van der Waals surface area contributed by atoms with E-state index in [0.717, 1.165) is 10.0 Å². The average Bonchev–Trinajstić information content (AvgIpc) is 3.09. The lowest BCUT2D eigenvalue weighted by atomic mass is 10.2. The van der Waals surface area contributed by atoms with Crippen LogP contribution in [0, 0.1) is 0 Å². The maximum absolute atomic E-state index is 5.75. The fraction of sp³-hybridized carbons (Fsp3) is 0.176. The Hall–Kier alpha value is -2.54. The third-order valence-electron chi connectivity index (χ3n) is 3.28. The Labute approximate surface area is 147 Å². The van der Waals surface area contributed by atoms with Gasteiger partial charge < -0.3 is 18.6 Å². The van der Waals surface area contributed by atoms with E-state index in [-0.39, 0.29) is 6.61 Å². The molecule has 6 nitrogen and oxygen atoms in total. The van der Waals surface area contributed by atoms with Crippen molar-refractivity contribution < 1.29 is 18.6 Å². The maximum atomic E-state index is 5.75. The topological polar surface area (TPSA) is 66.6 Å². The minimum atomic E-state index is 0.111. The van der Waals surface area contributed by atoms with Gasteiger partial charge in [-0.25, -0.2) is 0 Å². The molecule has 0 aliphatic rings. The Morgan fingerprint density at radius 2 is 1.62 bits per heavy atom. The van der Waals surface area contributed by atoms with Crippen molar-refractivity contribution in [3.63, 3.8) is 0 Å². The monoisotopic (exact) mass is 390 g/mol. The molecule has 124 valence electrons. The second-order valence-electron chi connectivity index (χ2n) is 4.79. The number of hydrogen-bond acceptors (Lipinski definition) is 6. The van der Waals surface area contributed by atoms with Gasteiger partial charge in [0.25, 0.3) is 5.89 Å². The van der Waals surface area contributed by atoms with E-state index in [0.29, 0.717) is 29.0 Å². The third kappa shape index (κ3) is 3.51. The lowest BCUT2D eigenvalue weighted by molar-refractivity contribution is 0.238. The van der Waals surface area contributed by atoms with Crippen LogP contribution in [0.25, 0.3) is 11.5 Å². The van der Waals surface area contributed by atoms with Gasteiger partial charge in [-0.1, -0.05) is 22.0 Å². The van der Waals surface area contributed by atoms with Crippen molar-refractivity contribution in [2.45, 2.75) is 6.61 Å². The van der Waals surface area contributed by atoms with Crippen LogP contribution in [0.15, 0.2) is 51.4 Å². The number of nitrogens with zero attached hydrogens (tertiary/aromatic N) is 2. The van der Waals surface area contributed by atoms with Gasteiger partial charge in [-0.2, -0.15) is 0 Å². The number of methoxy groups -OCH3 is 2. The first-order valence-electron chi connectivity index (χ1n) is 7.13. The minimum absolute atomic E-state index is 0.111. The predicted molar refractivity (Wildman–Crippen MR) is 91.3 cm³/mol. The Morgan fingerprint density at radius 3 is 2.25 bits per heavy atom. The smallest absolute Gasteiger partial charge is 0.254 e. The summed E-state index contributed by atoms with van der Waals surface area (Å²) in [6.07, 6.45) is 0. The molecule has 2 aromatic carbocycles. The van der Waals surface area contributed by atoms with Gasteiger partial charge in [-0.05, 0) is 36.4 Å². The van der Waals surface area contributed by atoms with E-state index in [2.05, 4.69) is 26.1 Å². The molecule has 0 atom stereocenters. The number of rotatable bonds is 6. The highest BCUT2D eigenvalue weighted by Crippen LogP contribution is 2.37. The largest absolute Gasteiger partial charge is 0.493 e. The van der Waals surface area contributed by atoms with E-state index in [1.807, 2.05) is 30.3 Å². The molecule has 0 aliphatic carbocycles. The number of aromatic nitrogens is 2. The summed E-state index contributed by atoms with van der Waals surface area (Å²) in [6.45, 7) is 0.111. The van der Waals surface area contributed by atoms with E-state index in [1.165, 1.54) is 0 Å². The number of para-hydroxylation sites is 1. The lowest BCUT2D eigenvalue weighted by Gasteiger charge is -2.12. The fourth-order valence-corrected chi connectivity index (χ4v) is 2.38. The zero-order valence-electron chi connectivity index (χ0n) is 13.2. The van der Waals surface area contributed by atoms with Crippen LogP contribution < -0.4 is 14.2 Å². The van der Waals surface area contributed by atoms with Crippen molar-refractivity contribution in [3.8, 4) is 28.7 Å². The van der Waals surface area contributed by atoms with Crippen LogP contribution in [-0.4, -0.2) is 24.4 Å². The molecule has 0 N–H and O–H groups in total. The third-order valence-corrected chi connectivity index (χ3v) is 3.81. The van der Waals surface area contributed by atoms with Crippen LogP contribution in [0.5, 0.6) is 17.2 Å². The standard InChI is InChI=1S/C17H15BrN2O4/c1-21-13-4-3-5-14(22-2)16(13)23-10-15-19-20-17(24-15)11-6-8-12(18)9-7-11/h3-9H,10H2,1-2H3. The highest BCUT2D eigenvalue weighted by atomic mass is 79.9. The van der Waals surface area contributed by atoms with Gasteiger partial charge in [0.2, 0.25) is 11.6 Å². The molecule has 0 bridgehead atoms. The Kier molecular flexibility index (Phi) is 5.00. The molecule has 0 fully saturated rings. The Morgan fingerprint density at radius 1 is 0.958 bits per heavy atom. The van der Waals surface area contributed by atoms with Crippen molar-refractivity contribution in [2.24, 2.45) is 0 Å². The second-order valence-corrected chi connectivity index (χ2v) is 5.70. The molecule has 1 heterocycles. The molecule has 3 rings (SSSR count). The first-order chi connectivity index (χ1) is 11.7. The van der Waals surface area contributed by atoms with Crippen molar-refractivity contribution >= 4 is 15.9 Å². The number of halogens is 1. The molecule has 7 heteroatoms. The normalized spacial score (nSPS) is 10.5. The van der Waals surface area contributed by atoms with Crippen LogP contribution in [0.2, 0.25) is 0 Å². The molecule has 0 amide bonds. The summed E-state index contributed by atoms with van der Waals surface area (Å²) in [6, 6.07) is 13.0. The zero-order chi connectivity index (χ0) is 16.9. The van der Waals surface area contributed by atoms with E-state index in [1.54, 1.807) is 26.4 Å². The second kappa shape index (κ2) is 7.35. The van der Waals surface area contributed by atoms with Gasteiger partial charge in [0.15, 0.2) is 18.1 Å². The molecular formula is C17H15BrN2O4. The highest BCUT2D eigenvalue weighted by molar-refractivity contribution is 9.10. The fourth-order valence-electron chi connectivity index (χ4n) is 2.11. The van der Waals surface area contributed by atoms with Gasteiger partial charge >= 0.3 is 0 Å². The molecule has 0 spiro atoms. The van der Waals surface area contributed by atoms with Crippen molar-refractivity contribution in [2.75, 3.05) is 14.2 Å². The predicted octanol–water partition coefficient (Wildman–Crippen LogP) is 4.10. The first kappa shape index (κ1) is 16.3. The van der Waals surface area contributed by atoms with Gasteiger partial charge in [0.1, 0.15) is 0 Å². The van der Waals surface area contributed by atoms with Crippen LogP contribution in [0.3, 0.4) is 0 Å². The molecule has 0 saturated heterocycles. The van der Waals surface area contributed by atoms with Gasteiger partial charge in [0, 0.05) is 10.0 Å². The lowest BCUT2D eigenvalue weighted by Crippen LogP contribution is -2.00. The van der Waals surface area contributed by atoms with Crippen LogP contribution in [-0.2, 0) is 6.61 Å². The summed E-state index contributed by atoms with van der Waals surface area (Å²) in [5.41, 5.74) is 0.840. The molecule has 0 aliphatic heterocycles. The molecule has 24 heavy (non-hydrogen) atoms. The molecule has 0 radical (unpaired) electrons. The van der Waals surface area contributed by atoms with E-state index >= 15 is 0 Å². The quantitative estimate of drug-likeness (QED) is 0.631. The van der Waals surface area contributed by atoms with Gasteiger partial charge in [0.05, 0.1) is 14.2 Å². The van der Waals surface area contributed by atoms with Crippen molar-refractivity contribution in [1.82, 2.24) is 10.2 Å². The van der Waals surface area contributed by atoms with E-state index in [4.69, 9.17) is 18.6 Å². The molecule has 0 unspecified atom stereocenters. The number of ether oxygens (including phenoxy) is 3.